The van der Waals surface area contributed by atoms with Crippen molar-refractivity contribution < 1.29 is 18.3 Å². The van der Waals surface area contributed by atoms with E-state index in [-0.39, 0.29) is 17.1 Å². The molecule has 0 unspecified atom stereocenters. The first kappa shape index (κ1) is 14.8. The van der Waals surface area contributed by atoms with Crippen LogP contribution in [0.2, 0.25) is 0 Å². The second-order valence-electron chi connectivity index (χ2n) is 4.37. The van der Waals surface area contributed by atoms with E-state index in [0.29, 0.717) is 0 Å². The maximum absolute atomic E-state index is 12.4. The normalized spacial score (nSPS) is 11.9. The molecule has 0 bridgehead atoms. The van der Waals surface area contributed by atoms with Crippen LogP contribution in [0.5, 0.6) is 0 Å². The standard InChI is InChI=1S/C12H14N2O4S2/c1-13-7-10(5-11(13)12(15)16)20(17,18)14(2)6-9-3-4-19-8-9/h3-5,7-8H,6H2,1-2H3,(H,15,16). The first-order valence-corrected chi connectivity index (χ1v) is 8.07. The molecule has 0 amide bonds. The van der Waals surface area contributed by atoms with E-state index in [1.807, 2.05) is 16.8 Å². The summed E-state index contributed by atoms with van der Waals surface area (Å²) in [6.45, 7) is 0.253. The highest BCUT2D eigenvalue weighted by Crippen LogP contribution is 2.20. The molecule has 0 radical (unpaired) electrons. The van der Waals surface area contributed by atoms with E-state index in [0.717, 1.165) is 5.56 Å². The van der Waals surface area contributed by atoms with Crippen molar-refractivity contribution in [3.8, 4) is 0 Å². The minimum atomic E-state index is -3.70. The summed E-state index contributed by atoms with van der Waals surface area (Å²) in [5.74, 6) is -1.16. The molecule has 0 saturated carbocycles. The van der Waals surface area contributed by atoms with Crippen molar-refractivity contribution in [2.45, 2.75) is 11.4 Å². The third-order valence-electron chi connectivity index (χ3n) is 2.89. The number of rotatable bonds is 5. The summed E-state index contributed by atoms with van der Waals surface area (Å²) in [5.41, 5.74) is 0.836. The summed E-state index contributed by atoms with van der Waals surface area (Å²) >= 11 is 1.50. The number of aryl methyl sites for hydroxylation is 1. The molecule has 6 nitrogen and oxygen atoms in total. The van der Waals surface area contributed by atoms with Crippen LogP contribution in [0.4, 0.5) is 0 Å². The molecule has 8 heteroatoms. The van der Waals surface area contributed by atoms with Gasteiger partial charge in [-0.1, -0.05) is 0 Å². The minimum Gasteiger partial charge on any atom is -0.477 e. The fraction of sp³-hybridized carbons (Fsp3) is 0.250. The van der Waals surface area contributed by atoms with Crippen molar-refractivity contribution in [1.29, 1.82) is 0 Å². The molecule has 0 aliphatic carbocycles. The van der Waals surface area contributed by atoms with Crippen molar-refractivity contribution in [2.75, 3.05) is 7.05 Å². The first-order valence-electron chi connectivity index (χ1n) is 5.69. The van der Waals surface area contributed by atoms with E-state index in [9.17, 15) is 13.2 Å². The van der Waals surface area contributed by atoms with Gasteiger partial charge in [-0.05, 0) is 28.5 Å². The molecule has 0 saturated heterocycles. The highest BCUT2D eigenvalue weighted by Gasteiger charge is 2.24. The molecular weight excluding hydrogens is 300 g/mol. The molecule has 2 aromatic heterocycles. The molecule has 20 heavy (non-hydrogen) atoms. The van der Waals surface area contributed by atoms with Gasteiger partial charge in [0.15, 0.2) is 0 Å². The summed E-state index contributed by atoms with van der Waals surface area (Å²) in [7, 11) is -0.722. The first-order chi connectivity index (χ1) is 9.32. The number of aromatic carboxylic acids is 1. The summed E-state index contributed by atoms with van der Waals surface area (Å²) in [6.07, 6.45) is 1.31. The van der Waals surface area contributed by atoms with E-state index in [1.54, 1.807) is 0 Å². The highest BCUT2D eigenvalue weighted by atomic mass is 32.2. The van der Waals surface area contributed by atoms with E-state index in [2.05, 4.69) is 0 Å². The average molecular weight is 314 g/mol. The Morgan fingerprint density at radius 2 is 2.20 bits per heavy atom. The fourth-order valence-corrected chi connectivity index (χ4v) is 3.68. The van der Waals surface area contributed by atoms with Crippen LogP contribution in [0.1, 0.15) is 16.1 Å². The van der Waals surface area contributed by atoms with Crippen LogP contribution >= 0.6 is 11.3 Å². The van der Waals surface area contributed by atoms with Gasteiger partial charge >= 0.3 is 5.97 Å². The van der Waals surface area contributed by atoms with E-state index < -0.39 is 16.0 Å². The lowest BCUT2D eigenvalue weighted by Crippen LogP contribution is -2.26. The SMILES string of the molecule is CN(Cc1ccsc1)S(=O)(=O)c1cc(C(=O)O)n(C)c1. The number of aromatic nitrogens is 1. The number of thiophene rings is 1. The van der Waals surface area contributed by atoms with Gasteiger partial charge in [0.1, 0.15) is 10.6 Å². The van der Waals surface area contributed by atoms with Crippen molar-refractivity contribution in [3.63, 3.8) is 0 Å². The smallest absolute Gasteiger partial charge is 0.352 e. The van der Waals surface area contributed by atoms with Crippen molar-refractivity contribution in [3.05, 3.63) is 40.3 Å². The van der Waals surface area contributed by atoms with E-state index >= 15 is 0 Å². The maximum atomic E-state index is 12.4. The Labute approximate surface area is 120 Å². The number of carboxylic acid groups (broad SMARTS) is 1. The molecular formula is C12H14N2O4S2. The zero-order chi connectivity index (χ0) is 14.9. The fourth-order valence-electron chi connectivity index (χ4n) is 1.79. The predicted octanol–water partition coefficient (Wildman–Crippen LogP) is 1.61. The van der Waals surface area contributed by atoms with Gasteiger partial charge in [-0.2, -0.15) is 15.6 Å². The number of nitrogens with zero attached hydrogens (tertiary/aromatic N) is 2. The largest absolute Gasteiger partial charge is 0.477 e. The topological polar surface area (TPSA) is 79.6 Å². The Hall–Kier alpha value is -1.64. The van der Waals surface area contributed by atoms with Crippen LogP contribution in [-0.4, -0.2) is 35.4 Å². The Morgan fingerprint density at radius 3 is 2.70 bits per heavy atom. The van der Waals surface area contributed by atoms with Gasteiger partial charge in [0.2, 0.25) is 10.0 Å². The highest BCUT2D eigenvalue weighted by molar-refractivity contribution is 7.89. The zero-order valence-corrected chi connectivity index (χ0v) is 12.6. The van der Waals surface area contributed by atoms with Crippen LogP contribution in [0.3, 0.4) is 0 Å². The minimum absolute atomic E-state index is 0.0184. The Balaban J connectivity index is 2.30. The monoisotopic (exact) mass is 314 g/mol. The van der Waals surface area contributed by atoms with Gasteiger partial charge < -0.3 is 9.67 Å². The lowest BCUT2D eigenvalue weighted by Gasteiger charge is -2.15. The van der Waals surface area contributed by atoms with E-state index in [4.69, 9.17) is 5.11 Å². The molecule has 2 heterocycles. The summed E-state index contributed by atoms with van der Waals surface area (Å²) in [4.78, 5) is 10.9. The summed E-state index contributed by atoms with van der Waals surface area (Å²) in [5, 5.41) is 12.7. The lowest BCUT2D eigenvalue weighted by molar-refractivity contribution is 0.0686. The predicted molar refractivity (Wildman–Crippen MR) is 75.3 cm³/mol. The van der Waals surface area contributed by atoms with Gasteiger partial charge in [-0.3, -0.25) is 0 Å². The number of hydrogen-bond donors (Lipinski definition) is 1. The third-order valence-corrected chi connectivity index (χ3v) is 5.39. The number of sulfonamides is 1. The molecule has 2 rings (SSSR count). The maximum Gasteiger partial charge on any atom is 0.352 e. The van der Waals surface area contributed by atoms with Crippen molar-refractivity contribution in [1.82, 2.24) is 8.87 Å². The number of hydrogen-bond acceptors (Lipinski definition) is 4. The molecule has 108 valence electrons. The second-order valence-corrected chi connectivity index (χ2v) is 7.19. The van der Waals surface area contributed by atoms with Crippen LogP contribution < -0.4 is 0 Å². The van der Waals surface area contributed by atoms with Crippen LogP contribution in [0.25, 0.3) is 0 Å². The van der Waals surface area contributed by atoms with Gasteiger partial charge in [-0.25, -0.2) is 13.2 Å². The molecule has 0 aliphatic rings. The molecule has 1 N–H and O–H groups in total. The Bertz CT molecular complexity index is 717. The molecule has 0 atom stereocenters. The van der Waals surface area contributed by atoms with Crippen molar-refractivity contribution in [2.24, 2.45) is 7.05 Å². The second kappa shape index (κ2) is 5.39. The quantitative estimate of drug-likeness (QED) is 0.909. The van der Waals surface area contributed by atoms with Gasteiger partial charge in [0.25, 0.3) is 0 Å². The molecule has 0 aliphatic heterocycles. The lowest BCUT2D eigenvalue weighted by atomic mass is 10.3. The van der Waals surface area contributed by atoms with Gasteiger partial charge in [0.05, 0.1) is 0 Å². The van der Waals surface area contributed by atoms with Crippen LogP contribution in [-0.2, 0) is 23.6 Å². The van der Waals surface area contributed by atoms with Gasteiger partial charge in [0, 0.05) is 26.8 Å². The summed E-state index contributed by atoms with van der Waals surface area (Å²) < 4.78 is 27.2. The number of carboxylic acids is 1. The third kappa shape index (κ3) is 2.77. The molecule has 2 aromatic rings. The average Bonchev–Trinajstić information content (AvgIpc) is 2.98. The van der Waals surface area contributed by atoms with E-state index in [1.165, 1.54) is 46.6 Å². The summed E-state index contributed by atoms with van der Waals surface area (Å²) in [6, 6.07) is 3.02. The van der Waals surface area contributed by atoms with Crippen LogP contribution in [0.15, 0.2) is 34.0 Å². The molecule has 0 spiro atoms. The van der Waals surface area contributed by atoms with Gasteiger partial charge in [-0.15, -0.1) is 0 Å². The van der Waals surface area contributed by atoms with Crippen LogP contribution in [0, 0.1) is 0 Å². The van der Waals surface area contributed by atoms with Crippen molar-refractivity contribution >= 4 is 27.3 Å². The Kier molecular flexibility index (Phi) is 3.98. The Morgan fingerprint density at radius 1 is 1.50 bits per heavy atom. The molecule has 0 fully saturated rings. The number of carbonyl (C=O) groups is 1. The molecule has 0 aromatic carbocycles. The zero-order valence-electron chi connectivity index (χ0n) is 11.0.